The zero-order chi connectivity index (χ0) is 20.8. The van der Waals surface area contributed by atoms with Crippen molar-refractivity contribution in [2.24, 2.45) is 0 Å². The molecule has 1 atom stereocenters. The van der Waals surface area contributed by atoms with Gasteiger partial charge in [0.2, 0.25) is 0 Å². The molecule has 6 heteroatoms. The van der Waals surface area contributed by atoms with Gasteiger partial charge in [-0.15, -0.1) is 0 Å². The van der Waals surface area contributed by atoms with E-state index in [0.29, 0.717) is 12.2 Å². The fourth-order valence-electron chi connectivity index (χ4n) is 3.78. The van der Waals surface area contributed by atoms with Crippen molar-refractivity contribution < 1.29 is 14.5 Å². The van der Waals surface area contributed by atoms with E-state index >= 15 is 0 Å². The molecule has 2 aromatic carbocycles. The van der Waals surface area contributed by atoms with Gasteiger partial charge in [0.15, 0.2) is 0 Å². The summed E-state index contributed by atoms with van der Waals surface area (Å²) in [6.45, 7) is 4.60. The molecule has 154 valence electrons. The maximum Gasteiger partial charge on any atom is 0.313 e. The first-order chi connectivity index (χ1) is 13.9. The van der Waals surface area contributed by atoms with Crippen LogP contribution in [0.25, 0.3) is 0 Å². The number of carbonyl (C=O) groups is 2. The molecule has 0 saturated carbocycles. The van der Waals surface area contributed by atoms with Gasteiger partial charge >= 0.3 is 11.8 Å². The molecule has 2 aromatic rings. The summed E-state index contributed by atoms with van der Waals surface area (Å²) in [5, 5.41) is 5.50. The lowest BCUT2D eigenvalue weighted by atomic mass is 10.0. The van der Waals surface area contributed by atoms with Crippen LogP contribution in [0.15, 0.2) is 48.5 Å². The van der Waals surface area contributed by atoms with Crippen molar-refractivity contribution in [2.75, 3.05) is 43.9 Å². The maximum atomic E-state index is 12.4. The third-order valence-corrected chi connectivity index (χ3v) is 5.53. The Morgan fingerprint density at radius 1 is 0.966 bits per heavy atom. The molecule has 1 saturated heterocycles. The zero-order valence-electron chi connectivity index (χ0n) is 17.5. The summed E-state index contributed by atoms with van der Waals surface area (Å²) in [6.07, 6.45) is 2.40. The van der Waals surface area contributed by atoms with Gasteiger partial charge in [-0.2, -0.15) is 0 Å². The summed E-state index contributed by atoms with van der Waals surface area (Å²) in [5.41, 5.74) is 4.05. The van der Waals surface area contributed by atoms with Gasteiger partial charge in [0.05, 0.1) is 19.6 Å². The summed E-state index contributed by atoms with van der Waals surface area (Å²) in [4.78, 5) is 28.1. The Balaban J connectivity index is 1.63. The molecule has 0 bridgehead atoms. The largest absolute Gasteiger partial charge is 0.378 e. The molecule has 29 heavy (non-hydrogen) atoms. The van der Waals surface area contributed by atoms with E-state index in [4.69, 9.17) is 0 Å². The van der Waals surface area contributed by atoms with Crippen LogP contribution in [0.2, 0.25) is 0 Å². The van der Waals surface area contributed by atoms with Gasteiger partial charge in [-0.25, -0.2) is 0 Å². The van der Waals surface area contributed by atoms with Crippen LogP contribution < -0.4 is 20.4 Å². The predicted octanol–water partition coefficient (Wildman–Crippen LogP) is 1.54. The number of anilines is 2. The fraction of sp³-hybridized carbons (Fsp3) is 0.391. The van der Waals surface area contributed by atoms with Crippen LogP contribution in [0, 0.1) is 6.92 Å². The Kier molecular flexibility index (Phi) is 6.88. The minimum Gasteiger partial charge on any atom is -0.378 e. The van der Waals surface area contributed by atoms with E-state index in [1.54, 1.807) is 12.1 Å². The van der Waals surface area contributed by atoms with Crippen molar-refractivity contribution in [3.8, 4) is 0 Å². The van der Waals surface area contributed by atoms with Crippen LogP contribution in [0.5, 0.6) is 0 Å². The number of likely N-dealkylation sites (tertiary alicyclic amines) is 1. The van der Waals surface area contributed by atoms with Gasteiger partial charge in [-0.05, 0) is 31.2 Å². The van der Waals surface area contributed by atoms with E-state index < -0.39 is 11.8 Å². The molecular formula is C23H31N4O2+. The second-order valence-corrected chi connectivity index (χ2v) is 7.93. The number of carbonyl (C=O) groups excluding carboxylic acids is 2. The van der Waals surface area contributed by atoms with E-state index in [0.717, 1.165) is 24.3 Å². The van der Waals surface area contributed by atoms with Gasteiger partial charge in [0.25, 0.3) is 0 Å². The smallest absolute Gasteiger partial charge is 0.313 e. The van der Waals surface area contributed by atoms with Crippen molar-refractivity contribution in [3.05, 3.63) is 59.7 Å². The molecule has 0 unspecified atom stereocenters. The number of nitrogens with zero attached hydrogens (tertiary/aromatic N) is 1. The molecule has 0 radical (unpaired) electrons. The van der Waals surface area contributed by atoms with Crippen LogP contribution >= 0.6 is 0 Å². The number of hydrogen-bond donors (Lipinski definition) is 3. The number of benzene rings is 2. The highest BCUT2D eigenvalue weighted by molar-refractivity contribution is 6.39. The maximum absolute atomic E-state index is 12.4. The molecule has 1 aliphatic heterocycles. The second kappa shape index (κ2) is 9.56. The van der Waals surface area contributed by atoms with E-state index in [1.165, 1.54) is 23.3 Å². The van der Waals surface area contributed by atoms with E-state index in [9.17, 15) is 9.59 Å². The zero-order valence-corrected chi connectivity index (χ0v) is 17.5. The normalized spacial score (nSPS) is 15.0. The second-order valence-electron chi connectivity index (χ2n) is 7.93. The topological polar surface area (TPSA) is 65.9 Å². The number of nitrogens with one attached hydrogen (secondary N) is 3. The predicted molar refractivity (Wildman–Crippen MR) is 116 cm³/mol. The third kappa shape index (κ3) is 5.57. The highest BCUT2D eigenvalue weighted by Gasteiger charge is 2.28. The minimum atomic E-state index is -0.632. The molecule has 3 rings (SSSR count). The van der Waals surface area contributed by atoms with Gasteiger partial charge in [-0.3, -0.25) is 9.59 Å². The average Bonchev–Trinajstić information content (AvgIpc) is 3.24. The Bertz CT molecular complexity index is 825. The van der Waals surface area contributed by atoms with Crippen LogP contribution in [-0.2, 0) is 9.59 Å². The first-order valence-electron chi connectivity index (χ1n) is 10.2. The fourth-order valence-corrected chi connectivity index (χ4v) is 3.78. The molecule has 0 aromatic heterocycles. The molecule has 1 fully saturated rings. The molecule has 6 nitrogen and oxygen atoms in total. The Hall–Kier alpha value is -2.86. The monoisotopic (exact) mass is 395 g/mol. The lowest BCUT2D eigenvalue weighted by Crippen LogP contribution is -3.11. The Labute approximate surface area is 172 Å². The van der Waals surface area contributed by atoms with Crippen LogP contribution in [0.1, 0.15) is 30.0 Å². The lowest BCUT2D eigenvalue weighted by Gasteiger charge is -2.25. The van der Waals surface area contributed by atoms with Crippen LogP contribution in [0.3, 0.4) is 0 Å². The number of rotatable bonds is 6. The number of amides is 2. The summed E-state index contributed by atoms with van der Waals surface area (Å²) in [5.74, 6) is -1.23. The van der Waals surface area contributed by atoms with Gasteiger partial charge in [-0.1, -0.05) is 29.8 Å². The quantitative estimate of drug-likeness (QED) is 0.650. The summed E-state index contributed by atoms with van der Waals surface area (Å²) in [6, 6.07) is 16.0. The first kappa shape index (κ1) is 20.9. The SMILES string of the molecule is Cc1ccc(NC(=O)C(=O)NC[C@@H](c2ccc(N(C)C)cc2)[NH+]2CCCC2)cc1. The Morgan fingerprint density at radius 2 is 1.59 bits per heavy atom. The molecular weight excluding hydrogens is 364 g/mol. The molecule has 3 N–H and O–H groups in total. The lowest BCUT2D eigenvalue weighted by molar-refractivity contribution is -0.918. The van der Waals surface area contributed by atoms with Gasteiger partial charge in [0.1, 0.15) is 6.04 Å². The van der Waals surface area contributed by atoms with Gasteiger partial charge in [0, 0.05) is 43.9 Å². The molecule has 0 spiro atoms. The van der Waals surface area contributed by atoms with Gasteiger partial charge < -0.3 is 20.4 Å². The summed E-state index contributed by atoms with van der Waals surface area (Å²) < 4.78 is 0. The van der Waals surface area contributed by atoms with Crippen molar-refractivity contribution in [2.45, 2.75) is 25.8 Å². The highest BCUT2D eigenvalue weighted by atomic mass is 16.2. The minimum absolute atomic E-state index is 0.143. The average molecular weight is 396 g/mol. The Morgan fingerprint density at radius 3 is 2.17 bits per heavy atom. The van der Waals surface area contributed by atoms with E-state index in [1.807, 2.05) is 33.2 Å². The molecule has 1 heterocycles. The van der Waals surface area contributed by atoms with Crippen LogP contribution in [0.4, 0.5) is 11.4 Å². The number of quaternary nitrogens is 1. The molecule has 2 amide bonds. The van der Waals surface area contributed by atoms with E-state index in [2.05, 4.69) is 39.8 Å². The van der Waals surface area contributed by atoms with Crippen LogP contribution in [-0.4, -0.2) is 45.5 Å². The number of hydrogen-bond acceptors (Lipinski definition) is 3. The molecule has 0 aliphatic carbocycles. The standard InChI is InChI=1S/C23H30N4O2/c1-17-6-10-19(11-7-17)25-23(29)22(28)24-16-21(27-14-4-5-15-27)18-8-12-20(13-9-18)26(2)3/h6-13,21H,4-5,14-16H2,1-3H3,(H,24,28)(H,25,29)/p+1/t21-/m0/s1. The first-order valence-corrected chi connectivity index (χ1v) is 10.2. The number of aryl methyl sites for hydroxylation is 1. The van der Waals surface area contributed by atoms with Crippen molar-refractivity contribution in [1.29, 1.82) is 0 Å². The van der Waals surface area contributed by atoms with Crippen molar-refractivity contribution in [3.63, 3.8) is 0 Å². The summed E-state index contributed by atoms with van der Waals surface area (Å²) >= 11 is 0. The molecule has 1 aliphatic rings. The van der Waals surface area contributed by atoms with Crippen molar-refractivity contribution >= 4 is 23.2 Å². The summed E-state index contributed by atoms with van der Waals surface area (Å²) in [7, 11) is 4.04. The third-order valence-electron chi connectivity index (χ3n) is 5.53. The van der Waals surface area contributed by atoms with Crippen molar-refractivity contribution in [1.82, 2.24) is 5.32 Å². The highest BCUT2D eigenvalue weighted by Crippen LogP contribution is 2.17. The van der Waals surface area contributed by atoms with E-state index in [-0.39, 0.29) is 6.04 Å².